The fraction of sp³-hybridized carbons (Fsp3) is 0.304. The van der Waals surface area contributed by atoms with Gasteiger partial charge in [-0.25, -0.2) is 4.79 Å². The van der Waals surface area contributed by atoms with Gasteiger partial charge < -0.3 is 20.0 Å². The van der Waals surface area contributed by atoms with E-state index in [0.29, 0.717) is 52.8 Å². The summed E-state index contributed by atoms with van der Waals surface area (Å²) in [5.74, 6) is -0.814. The molecular formula is C23H20F2N4O5. The van der Waals surface area contributed by atoms with Crippen molar-refractivity contribution in [2.75, 3.05) is 5.32 Å². The van der Waals surface area contributed by atoms with Gasteiger partial charge in [0.15, 0.2) is 18.2 Å². The Morgan fingerprint density at radius 2 is 2.03 bits per heavy atom. The Morgan fingerprint density at radius 3 is 2.79 bits per heavy atom. The van der Waals surface area contributed by atoms with E-state index >= 15 is 0 Å². The molecule has 3 aromatic rings. The van der Waals surface area contributed by atoms with Crippen LogP contribution >= 0.6 is 0 Å². The number of halogens is 2. The number of aromatic amines is 1. The van der Waals surface area contributed by atoms with E-state index in [2.05, 4.69) is 20.3 Å². The first-order chi connectivity index (χ1) is 16.3. The van der Waals surface area contributed by atoms with Crippen LogP contribution in [0.4, 0.5) is 14.6 Å². The minimum absolute atomic E-state index is 0.0117. The van der Waals surface area contributed by atoms with E-state index in [0.717, 1.165) is 0 Å². The predicted octanol–water partition coefficient (Wildman–Crippen LogP) is 3.51. The zero-order valence-electron chi connectivity index (χ0n) is 17.8. The number of esters is 1. The highest BCUT2D eigenvalue weighted by Gasteiger charge is 2.50. The molecule has 0 bridgehead atoms. The molecule has 0 saturated heterocycles. The molecule has 1 amide bonds. The Kier molecular flexibility index (Phi) is 5.39. The number of benzene rings is 1. The molecule has 1 aliphatic heterocycles. The van der Waals surface area contributed by atoms with Gasteiger partial charge in [-0.15, -0.1) is 0 Å². The van der Waals surface area contributed by atoms with E-state index in [1.54, 1.807) is 18.2 Å². The molecule has 34 heavy (non-hydrogen) atoms. The highest BCUT2D eigenvalue weighted by molar-refractivity contribution is 5.95. The Labute approximate surface area is 192 Å². The van der Waals surface area contributed by atoms with Crippen molar-refractivity contribution >= 4 is 17.7 Å². The van der Waals surface area contributed by atoms with Crippen molar-refractivity contribution in [1.29, 1.82) is 0 Å². The van der Waals surface area contributed by atoms with Crippen LogP contribution in [0.1, 0.15) is 41.6 Å². The van der Waals surface area contributed by atoms with Crippen molar-refractivity contribution in [2.45, 2.75) is 37.9 Å². The lowest BCUT2D eigenvalue weighted by molar-refractivity contribution is -0.606. The molecule has 2 N–H and O–H groups in total. The number of anilines is 1. The number of nitrogens with zero attached hydrogens (tertiary/aromatic N) is 2. The Morgan fingerprint density at radius 1 is 1.26 bits per heavy atom. The molecule has 11 heteroatoms. The SMILES string of the molecule is O=C1OC2(CCC(C(=O)Nc3cc(-c4ccccc4OC(F)F)[nH]n3)CC2)c2c[n+]([O-])ccc21. The van der Waals surface area contributed by atoms with Crippen LogP contribution in [0.2, 0.25) is 0 Å². The van der Waals surface area contributed by atoms with Gasteiger partial charge in [0.1, 0.15) is 11.4 Å². The van der Waals surface area contributed by atoms with Crippen LogP contribution in [0.5, 0.6) is 5.75 Å². The third-order valence-corrected chi connectivity index (χ3v) is 6.32. The van der Waals surface area contributed by atoms with Gasteiger partial charge in [0.05, 0.1) is 16.8 Å². The molecule has 0 atom stereocenters. The lowest BCUT2D eigenvalue weighted by atomic mass is 9.75. The highest BCUT2D eigenvalue weighted by atomic mass is 19.3. The van der Waals surface area contributed by atoms with E-state index in [9.17, 15) is 23.6 Å². The maximum Gasteiger partial charge on any atom is 0.387 e. The summed E-state index contributed by atoms with van der Waals surface area (Å²) in [6.45, 7) is -2.97. The molecule has 2 aromatic heterocycles. The van der Waals surface area contributed by atoms with Crippen molar-refractivity contribution in [3.05, 3.63) is 65.1 Å². The number of pyridine rings is 1. The van der Waals surface area contributed by atoms with Crippen LogP contribution in [-0.2, 0) is 15.1 Å². The van der Waals surface area contributed by atoms with Crippen LogP contribution in [0.3, 0.4) is 0 Å². The first kappa shape index (κ1) is 21.8. The van der Waals surface area contributed by atoms with Crippen molar-refractivity contribution < 1.29 is 32.6 Å². The summed E-state index contributed by atoms with van der Waals surface area (Å²) < 4.78 is 36.2. The number of carbonyl (C=O) groups is 2. The minimum Gasteiger partial charge on any atom is -0.619 e. The normalized spacial score (nSPS) is 21.4. The van der Waals surface area contributed by atoms with Crippen molar-refractivity contribution in [3.63, 3.8) is 0 Å². The van der Waals surface area contributed by atoms with Crippen LogP contribution in [-0.4, -0.2) is 28.7 Å². The molecule has 1 spiro atoms. The lowest BCUT2D eigenvalue weighted by Gasteiger charge is -2.35. The average molecular weight is 470 g/mol. The van der Waals surface area contributed by atoms with Crippen LogP contribution in [0.25, 0.3) is 11.3 Å². The molecule has 176 valence electrons. The summed E-state index contributed by atoms with van der Waals surface area (Å²) in [4.78, 5) is 25.1. The number of nitrogens with one attached hydrogen (secondary N) is 2. The molecule has 1 aliphatic carbocycles. The second kappa shape index (κ2) is 8.40. The summed E-state index contributed by atoms with van der Waals surface area (Å²) in [6, 6.07) is 9.26. The van der Waals surface area contributed by atoms with E-state index in [1.165, 1.54) is 30.6 Å². The summed E-state index contributed by atoms with van der Waals surface area (Å²) in [5.41, 5.74) is 0.859. The molecule has 5 rings (SSSR count). The van der Waals surface area contributed by atoms with Crippen LogP contribution < -0.4 is 14.8 Å². The summed E-state index contributed by atoms with van der Waals surface area (Å²) >= 11 is 0. The largest absolute Gasteiger partial charge is 0.619 e. The number of alkyl halides is 2. The Balaban J connectivity index is 1.25. The zero-order valence-corrected chi connectivity index (χ0v) is 17.8. The van der Waals surface area contributed by atoms with Gasteiger partial charge in [0.25, 0.3) is 0 Å². The monoisotopic (exact) mass is 470 g/mol. The van der Waals surface area contributed by atoms with Gasteiger partial charge in [0, 0.05) is 23.6 Å². The Bertz CT molecular complexity index is 1250. The van der Waals surface area contributed by atoms with Gasteiger partial charge in [-0.2, -0.15) is 18.6 Å². The summed E-state index contributed by atoms with van der Waals surface area (Å²) in [6.07, 6.45) is 4.36. The molecule has 1 aromatic carbocycles. The van der Waals surface area contributed by atoms with E-state index in [1.807, 2.05) is 0 Å². The number of rotatable bonds is 5. The van der Waals surface area contributed by atoms with Crippen molar-refractivity contribution in [3.8, 4) is 17.0 Å². The maximum absolute atomic E-state index is 12.8. The molecule has 1 saturated carbocycles. The highest BCUT2D eigenvalue weighted by Crippen LogP contribution is 2.47. The van der Waals surface area contributed by atoms with E-state index in [-0.39, 0.29) is 23.4 Å². The number of hydrogen-bond donors (Lipinski definition) is 2. The molecule has 9 nitrogen and oxygen atoms in total. The van der Waals surface area contributed by atoms with Gasteiger partial charge >= 0.3 is 12.6 Å². The maximum atomic E-state index is 12.8. The first-order valence-corrected chi connectivity index (χ1v) is 10.7. The van der Waals surface area contributed by atoms with Gasteiger partial charge in [-0.05, 0) is 37.8 Å². The zero-order chi connectivity index (χ0) is 23.9. The van der Waals surface area contributed by atoms with E-state index < -0.39 is 18.2 Å². The topological polar surface area (TPSA) is 120 Å². The predicted molar refractivity (Wildman–Crippen MR) is 114 cm³/mol. The number of ether oxygens (including phenoxy) is 2. The van der Waals surface area contributed by atoms with Gasteiger partial charge in [-0.3, -0.25) is 9.89 Å². The minimum atomic E-state index is -2.97. The fourth-order valence-corrected chi connectivity index (χ4v) is 4.66. The lowest BCUT2D eigenvalue weighted by Crippen LogP contribution is -2.37. The number of fused-ring (bicyclic) bond motifs is 2. The van der Waals surface area contributed by atoms with Gasteiger partial charge in [-0.1, -0.05) is 12.1 Å². The number of aromatic nitrogens is 3. The smallest absolute Gasteiger partial charge is 0.387 e. The van der Waals surface area contributed by atoms with Crippen molar-refractivity contribution in [1.82, 2.24) is 10.2 Å². The molecule has 2 aliphatic rings. The Hall–Kier alpha value is -4.02. The molecular weight excluding hydrogens is 450 g/mol. The molecule has 0 radical (unpaired) electrons. The molecule has 0 unspecified atom stereocenters. The third-order valence-electron chi connectivity index (χ3n) is 6.32. The van der Waals surface area contributed by atoms with Crippen molar-refractivity contribution in [2.24, 2.45) is 5.92 Å². The number of hydrogen-bond acceptors (Lipinski definition) is 6. The van der Waals surface area contributed by atoms with E-state index in [4.69, 9.17) is 4.74 Å². The summed E-state index contributed by atoms with van der Waals surface area (Å²) in [5, 5.41) is 21.3. The number of H-pyrrole nitrogens is 1. The second-order valence-electron chi connectivity index (χ2n) is 8.32. The van der Waals surface area contributed by atoms with Crippen LogP contribution in [0, 0.1) is 11.1 Å². The molecule has 1 fully saturated rings. The second-order valence-corrected chi connectivity index (χ2v) is 8.32. The standard InChI is InChI=1S/C23H20F2N4O5/c24-22(25)33-18-4-2-1-3-15(18)17-11-19(28-27-17)26-20(30)13-5-8-23(9-6-13)16-12-29(32)10-7-14(16)21(31)34-23/h1-4,7,10-13,22H,5-6,8-9H2,(H2,26,27,28,30). The molecule has 3 heterocycles. The fourth-order valence-electron chi connectivity index (χ4n) is 4.66. The average Bonchev–Trinajstić information content (AvgIpc) is 3.37. The summed E-state index contributed by atoms with van der Waals surface area (Å²) in [7, 11) is 0. The van der Waals surface area contributed by atoms with Gasteiger partial charge in [0.2, 0.25) is 5.91 Å². The number of carbonyl (C=O) groups excluding carboxylic acids is 2. The quantitative estimate of drug-likeness (QED) is 0.335. The number of para-hydroxylation sites is 1. The first-order valence-electron chi connectivity index (χ1n) is 10.7. The number of amides is 1. The third kappa shape index (κ3) is 3.93. The van der Waals surface area contributed by atoms with Crippen LogP contribution in [0.15, 0.2) is 48.8 Å².